The molecule has 0 atom stereocenters. The normalized spacial score (nSPS) is 11.9. The van der Waals surface area contributed by atoms with Crippen molar-refractivity contribution in [3.05, 3.63) is 15.9 Å². The van der Waals surface area contributed by atoms with Gasteiger partial charge in [-0.15, -0.1) is 11.3 Å². The summed E-state index contributed by atoms with van der Waals surface area (Å²) in [6.45, 7) is 0.494. The van der Waals surface area contributed by atoms with Crippen LogP contribution in [0, 0.1) is 0 Å². The average Bonchev–Trinajstić information content (AvgIpc) is 2.60. The van der Waals surface area contributed by atoms with E-state index in [1.54, 1.807) is 23.2 Å². The lowest BCUT2D eigenvalue weighted by atomic mass is 10.5. The van der Waals surface area contributed by atoms with Gasteiger partial charge in [-0.25, -0.2) is 13.1 Å². The van der Waals surface area contributed by atoms with Crippen LogP contribution in [0.15, 0.2) is 20.1 Å². The Morgan fingerprint density at radius 1 is 1.60 bits per heavy atom. The fraction of sp³-hybridized carbons (Fsp3) is 0.500. The third-order valence-electron chi connectivity index (χ3n) is 1.65. The first-order chi connectivity index (χ1) is 7.08. The van der Waals surface area contributed by atoms with Crippen LogP contribution in [0.5, 0.6) is 0 Å². The van der Waals surface area contributed by atoms with E-state index in [1.165, 1.54) is 11.3 Å². The van der Waals surface area contributed by atoms with Crippen LogP contribution in [0.4, 0.5) is 0 Å². The lowest BCUT2D eigenvalue weighted by Crippen LogP contribution is -2.24. The van der Waals surface area contributed by atoms with Gasteiger partial charge in [-0.2, -0.15) is 11.8 Å². The Bertz CT molecular complexity index is 402. The zero-order chi connectivity index (χ0) is 11.3. The molecule has 0 aliphatic carbocycles. The van der Waals surface area contributed by atoms with Gasteiger partial charge in [0.25, 0.3) is 10.0 Å². The molecule has 0 aliphatic heterocycles. The van der Waals surface area contributed by atoms with E-state index in [9.17, 15) is 8.42 Å². The van der Waals surface area contributed by atoms with E-state index in [-0.39, 0.29) is 0 Å². The van der Waals surface area contributed by atoms with Crippen LogP contribution in [0.25, 0.3) is 0 Å². The largest absolute Gasteiger partial charge is 0.251 e. The zero-order valence-electron chi connectivity index (χ0n) is 8.20. The van der Waals surface area contributed by atoms with E-state index in [2.05, 4.69) is 20.7 Å². The first kappa shape index (κ1) is 13.5. The maximum atomic E-state index is 11.7. The molecule has 0 fully saturated rings. The molecule has 1 aromatic rings. The van der Waals surface area contributed by atoms with Gasteiger partial charge in [0, 0.05) is 11.0 Å². The molecular weight excluding hydrogens is 318 g/mol. The van der Waals surface area contributed by atoms with Gasteiger partial charge in [-0.1, -0.05) is 0 Å². The number of halogens is 1. The van der Waals surface area contributed by atoms with Crippen LogP contribution in [0.3, 0.4) is 0 Å². The van der Waals surface area contributed by atoms with E-state index < -0.39 is 10.0 Å². The maximum Gasteiger partial charge on any atom is 0.251 e. The molecule has 1 N–H and O–H groups in total. The van der Waals surface area contributed by atoms with Crippen LogP contribution >= 0.6 is 39.0 Å². The Balaban J connectivity index is 2.57. The van der Waals surface area contributed by atoms with Gasteiger partial charge in [0.15, 0.2) is 0 Å². The van der Waals surface area contributed by atoms with Crippen LogP contribution in [0.2, 0.25) is 0 Å². The van der Waals surface area contributed by atoms with Crippen molar-refractivity contribution in [1.29, 1.82) is 0 Å². The number of hydrogen-bond acceptors (Lipinski definition) is 4. The molecule has 0 bridgehead atoms. The van der Waals surface area contributed by atoms with Crippen LogP contribution in [-0.4, -0.2) is 27.0 Å². The molecule has 0 saturated carbocycles. The molecule has 0 aromatic carbocycles. The smallest absolute Gasteiger partial charge is 0.210 e. The minimum atomic E-state index is -3.32. The Morgan fingerprint density at radius 3 is 2.87 bits per heavy atom. The predicted octanol–water partition coefficient (Wildman–Crippen LogP) is 2.54. The van der Waals surface area contributed by atoms with Crippen LogP contribution in [0.1, 0.15) is 6.42 Å². The quantitative estimate of drug-likeness (QED) is 0.816. The molecule has 0 unspecified atom stereocenters. The molecule has 0 saturated heterocycles. The summed E-state index contributed by atoms with van der Waals surface area (Å²) in [5, 5.41) is 1.75. The highest BCUT2D eigenvalue weighted by Gasteiger charge is 2.17. The molecular formula is C8H12BrNO2S3. The summed E-state index contributed by atoms with van der Waals surface area (Å²) in [4.78, 5) is 0. The number of hydrogen-bond donors (Lipinski definition) is 1. The van der Waals surface area contributed by atoms with E-state index >= 15 is 0 Å². The van der Waals surface area contributed by atoms with Crippen molar-refractivity contribution in [3.8, 4) is 0 Å². The maximum absolute atomic E-state index is 11.7. The van der Waals surface area contributed by atoms with E-state index in [0.29, 0.717) is 15.2 Å². The highest BCUT2D eigenvalue weighted by atomic mass is 79.9. The van der Waals surface area contributed by atoms with Gasteiger partial charge in [-0.3, -0.25) is 0 Å². The highest BCUT2D eigenvalue weighted by molar-refractivity contribution is 9.10. The van der Waals surface area contributed by atoms with Crippen molar-refractivity contribution >= 4 is 49.1 Å². The molecule has 7 heteroatoms. The fourth-order valence-corrected chi connectivity index (χ4v) is 4.85. The van der Waals surface area contributed by atoms with Gasteiger partial charge in [-0.05, 0) is 45.8 Å². The molecule has 1 rings (SSSR count). The number of thioether (sulfide) groups is 1. The van der Waals surface area contributed by atoms with Crippen molar-refractivity contribution in [3.63, 3.8) is 0 Å². The molecule has 3 nitrogen and oxygen atoms in total. The first-order valence-corrected chi connectivity index (χ1v) is 8.84. The van der Waals surface area contributed by atoms with Gasteiger partial charge < -0.3 is 0 Å². The summed E-state index contributed by atoms with van der Waals surface area (Å²) in [5.74, 6) is 0.966. The molecule has 1 aromatic heterocycles. The fourth-order valence-electron chi connectivity index (χ4n) is 0.960. The van der Waals surface area contributed by atoms with E-state index in [1.807, 2.05) is 6.26 Å². The summed E-state index contributed by atoms with van der Waals surface area (Å²) in [6, 6.07) is 1.74. The Hall–Kier alpha value is 0.440. The van der Waals surface area contributed by atoms with Crippen molar-refractivity contribution in [1.82, 2.24) is 4.72 Å². The average molecular weight is 330 g/mol. The van der Waals surface area contributed by atoms with Gasteiger partial charge in [0.2, 0.25) is 0 Å². The molecule has 86 valence electrons. The molecule has 0 spiro atoms. The van der Waals surface area contributed by atoms with Crippen molar-refractivity contribution in [2.24, 2.45) is 0 Å². The van der Waals surface area contributed by atoms with Gasteiger partial charge >= 0.3 is 0 Å². The summed E-state index contributed by atoms with van der Waals surface area (Å²) in [6.07, 6.45) is 2.85. The minimum Gasteiger partial charge on any atom is -0.210 e. The highest BCUT2D eigenvalue weighted by Crippen LogP contribution is 2.27. The summed E-state index contributed by atoms with van der Waals surface area (Å²) in [7, 11) is -3.32. The minimum absolute atomic E-state index is 0.353. The summed E-state index contributed by atoms with van der Waals surface area (Å²) in [5.41, 5.74) is 0. The van der Waals surface area contributed by atoms with Crippen molar-refractivity contribution in [2.45, 2.75) is 10.6 Å². The second-order valence-corrected chi connectivity index (χ2v) is 7.52. The van der Waals surface area contributed by atoms with Crippen molar-refractivity contribution in [2.75, 3.05) is 18.6 Å². The zero-order valence-corrected chi connectivity index (χ0v) is 12.2. The van der Waals surface area contributed by atoms with Gasteiger partial charge in [0.05, 0.1) is 0 Å². The second-order valence-electron chi connectivity index (χ2n) is 2.80. The van der Waals surface area contributed by atoms with E-state index in [4.69, 9.17) is 0 Å². The predicted molar refractivity (Wildman–Crippen MR) is 70.2 cm³/mol. The first-order valence-electron chi connectivity index (χ1n) is 4.29. The molecule has 0 aliphatic rings. The monoisotopic (exact) mass is 329 g/mol. The summed E-state index contributed by atoms with van der Waals surface area (Å²) < 4.78 is 27.0. The topological polar surface area (TPSA) is 46.2 Å². The molecule has 1 heterocycles. The second kappa shape index (κ2) is 6.24. The molecule has 0 radical (unpaired) electrons. The van der Waals surface area contributed by atoms with Crippen LogP contribution in [-0.2, 0) is 10.0 Å². The Kier molecular flexibility index (Phi) is 5.62. The third-order valence-corrected chi connectivity index (χ3v) is 6.47. The standard InChI is InChI=1S/C8H12BrNO2S3/c1-13-5-2-4-10-15(11,12)8-7(9)3-6-14-8/h3,6,10H,2,4-5H2,1H3. The van der Waals surface area contributed by atoms with Crippen LogP contribution < -0.4 is 4.72 Å². The number of sulfonamides is 1. The lowest BCUT2D eigenvalue weighted by Gasteiger charge is -2.04. The number of thiophene rings is 1. The van der Waals surface area contributed by atoms with Gasteiger partial charge in [0.1, 0.15) is 4.21 Å². The lowest BCUT2D eigenvalue weighted by molar-refractivity contribution is 0.583. The molecule has 15 heavy (non-hydrogen) atoms. The third kappa shape index (κ3) is 4.07. The van der Waals surface area contributed by atoms with Crippen molar-refractivity contribution < 1.29 is 8.42 Å². The Morgan fingerprint density at radius 2 is 2.33 bits per heavy atom. The summed E-state index contributed by atoms with van der Waals surface area (Å²) >= 11 is 6.14. The Labute approximate surface area is 107 Å². The number of nitrogens with one attached hydrogen (secondary N) is 1. The number of rotatable bonds is 6. The SMILES string of the molecule is CSCCCNS(=O)(=O)c1sccc1Br. The molecule has 0 amide bonds. The van der Waals surface area contributed by atoms with E-state index in [0.717, 1.165) is 12.2 Å².